The second-order valence-electron chi connectivity index (χ2n) is 6.10. The minimum absolute atomic E-state index is 0.0149. The molecular weight excluding hydrogens is 238 g/mol. The highest BCUT2D eigenvalue weighted by Gasteiger charge is 2.70. The predicted molar refractivity (Wildman–Crippen MR) is 75.2 cm³/mol. The highest BCUT2D eigenvalue weighted by molar-refractivity contribution is 5.39. The summed E-state index contributed by atoms with van der Waals surface area (Å²) in [4.78, 5) is 2.39. The first kappa shape index (κ1) is 13.1. The zero-order chi connectivity index (χ0) is 13.7. The molecule has 1 saturated carbocycles. The Bertz CT molecular complexity index is 466. The first-order valence-electron chi connectivity index (χ1n) is 6.94. The lowest BCUT2D eigenvalue weighted by Crippen LogP contribution is -2.68. The Hall–Kier alpha value is -0.900. The van der Waals surface area contributed by atoms with Crippen LogP contribution in [-0.2, 0) is 14.9 Å². The van der Waals surface area contributed by atoms with Crippen LogP contribution in [-0.4, -0.2) is 45.0 Å². The van der Waals surface area contributed by atoms with Crippen LogP contribution >= 0.6 is 0 Å². The summed E-state index contributed by atoms with van der Waals surface area (Å²) in [7, 11) is 5.73. The highest BCUT2D eigenvalue weighted by Crippen LogP contribution is 2.61. The van der Waals surface area contributed by atoms with Crippen LogP contribution in [0, 0.1) is 12.8 Å². The molecule has 19 heavy (non-hydrogen) atoms. The van der Waals surface area contributed by atoms with Crippen LogP contribution in [0.4, 0.5) is 0 Å². The zero-order valence-electron chi connectivity index (χ0n) is 12.3. The van der Waals surface area contributed by atoms with Gasteiger partial charge in [-0.05, 0) is 25.5 Å². The number of ether oxygens (including phenoxy) is 2. The summed E-state index contributed by atoms with van der Waals surface area (Å²) in [5.74, 6) is 0.164. The number of methoxy groups -OCH3 is 2. The Labute approximate surface area is 115 Å². The lowest BCUT2D eigenvalue weighted by atomic mass is 9.53. The third kappa shape index (κ3) is 1.55. The van der Waals surface area contributed by atoms with Crippen molar-refractivity contribution in [2.45, 2.75) is 24.5 Å². The molecule has 0 N–H and O–H groups in total. The van der Waals surface area contributed by atoms with Crippen molar-refractivity contribution in [2.75, 3.05) is 34.4 Å². The smallest absolute Gasteiger partial charge is 0.179 e. The number of nitrogens with zero attached hydrogens (tertiary/aromatic N) is 1. The molecule has 0 amide bonds. The Balaban J connectivity index is 2.08. The zero-order valence-corrected chi connectivity index (χ0v) is 12.3. The third-order valence-electron chi connectivity index (χ3n) is 5.17. The average molecular weight is 261 g/mol. The molecule has 0 spiro atoms. The molecule has 1 aliphatic heterocycles. The molecule has 1 heterocycles. The summed E-state index contributed by atoms with van der Waals surface area (Å²) >= 11 is 0. The molecular formula is C16H23NO2. The van der Waals surface area contributed by atoms with Crippen molar-refractivity contribution in [1.29, 1.82) is 0 Å². The van der Waals surface area contributed by atoms with E-state index in [1.165, 1.54) is 11.1 Å². The molecule has 2 fully saturated rings. The van der Waals surface area contributed by atoms with E-state index in [9.17, 15) is 0 Å². The van der Waals surface area contributed by atoms with Crippen LogP contribution in [0.2, 0.25) is 0 Å². The number of benzene rings is 1. The molecule has 1 aliphatic carbocycles. The number of hydrogen-bond acceptors (Lipinski definition) is 3. The second kappa shape index (κ2) is 4.30. The van der Waals surface area contributed by atoms with Crippen molar-refractivity contribution in [3.05, 3.63) is 35.4 Å². The Morgan fingerprint density at radius 1 is 1.16 bits per heavy atom. The highest BCUT2D eigenvalue weighted by atomic mass is 16.7. The van der Waals surface area contributed by atoms with E-state index in [1.54, 1.807) is 14.2 Å². The van der Waals surface area contributed by atoms with Crippen molar-refractivity contribution in [1.82, 2.24) is 4.90 Å². The van der Waals surface area contributed by atoms with Crippen LogP contribution < -0.4 is 0 Å². The van der Waals surface area contributed by atoms with E-state index in [0.29, 0.717) is 5.92 Å². The van der Waals surface area contributed by atoms with Crippen molar-refractivity contribution < 1.29 is 9.47 Å². The molecule has 3 rings (SSSR count). The lowest BCUT2D eigenvalue weighted by Gasteiger charge is -2.59. The number of rotatable bonds is 3. The molecule has 104 valence electrons. The van der Waals surface area contributed by atoms with Gasteiger partial charge in [-0.15, -0.1) is 0 Å². The van der Waals surface area contributed by atoms with Crippen LogP contribution in [0.5, 0.6) is 0 Å². The fourth-order valence-corrected chi connectivity index (χ4v) is 4.21. The lowest BCUT2D eigenvalue weighted by molar-refractivity contribution is -0.314. The van der Waals surface area contributed by atoms with Gasteiger partial charge in [-0.3, -0.25) is 0 Å². The van der Waals surface area contributed by atoms with E-state index in [-0.39, 0.29) is 5.41 Å². The molecule has 3 nitrogen and oxygen atoms in total. The third-order valence-corrected chi connectivity index (χ3v) is 5.17. The van der Waals surface area contributed by atoms with Crippen molar-refractivity contribution in [3.63, 3.8) is 0 Å². The van der Waals surface area contributed by atoms with E-state index in [4.69, 9.17) is 9.47 Å². The largest absolute Gasteiger partial charge is 0.352 e. The minimum atomic E-state index is -0.461. The van der Waals surface area contributed by atoms with Crippen LogP contribution in [0.25, 0.3) is 0 Å². The summed E-state index contributed by atoms with van der Waals surface area (Å²) in [6, 6.07) is 8.86. The molecule has 1 saturated heterocycles. The maximum Gasteiger partial charge on any atom is 0.179 e. The Kier molecular flexibility index (Phi) is 2.97. The van der Waals surface area contributed by atoms with E-state index in [0.717, 1.165) is 19.5 Å². The van der Waals surface area contributed by atoms with Gasteiger partial charge in [0.15, 0.2) is 5.79 Å². The van der Waals surface area contributed by atoms with Gasteiger partial charge in [-0.1, -0.05) is 29.8 Å². The van der Waals surface area contributed by atoms with Crippen LogP contribution in [0.15, 0.2) is 24.3 Å². The average Bonchev–Trinajstić information content (AvgIpc) is 2.67. The summed E-state index contributed by atoms with van der Waals surface area (Å²) in [6.07, 6.45) is 0.984. The molecule has 0 aromatic heterocycles. The van der Waals surface area contributed by atoms with E-state index in [2.05, 4.69) is 43.1 Å². The van der Waals surface area contributed by atoms with Gasteiger partial charge in [0.25, 0.3) is 0 Å². The second-order valence-corrected chi connectivity index (χ2v) is 6.10. The molecule has 0 radical (unpaired) electrons. The molecule has 1 aromatic rings. The van der Waals surface area contributed by atoms with Gasteiger partial charge in [-0.2, -0.15) is 0 Å². The standard InChI is InChI=1S/C16H23NO2/c1-12-5-7-13(8-6-12)15-11-17(2)10-14(15)9-16(15,18-3)19-4/h5-8,14H,9-11H2,1-4H3/t14-,15+/m0/s1. The molecule has 0 unspecified atom stereocenters. The maximum atomic E-state index is 5.82. The SMILES string of the molecule is COC1(OC)C[C@H]2CN(C)C[C@@]21c1ccc(C)cc1. The van der Waals surface area contributed by atoms with Gasteiger partial charge >= 0.3 is 0 Å². The van der Waals surface area contributed by atoms with E-state index < -0.39 is 5.79 Å². The quantitative estimate of drug-likeness (QED) is 0.779. The molecule has 2 aliphatic rings. The molecule has 0 bridgehead atoms. The summed E-state index contributed by atoms with van der Waals surface area (Å²) in [5.41, 5.74) is 2.63. The molecule has 2 atom stereocenters. The van der Waals surface area contributed by atoms with Gasteiger partial charge in [0.05, 0.1) is 5.41 Å². The van der Waals surface area contributed by atoms with Crippen molar-refractivity contribution in [2.24, 2.45) is 5.92 Å². The number of hydrogen-bond donors (Lipinski definition) is 0. The van der Waals surface area contributed by atoms with Gasteiger partial charge < -0.3 is 14.4 Å². The number of aryl methyl sites for hydroxylation is 1. The molecule has 1 aromatic carbocycles. The Morgan fingerprint density at radius 3 is 2.32 bits per heavy atom. The van der Waals surface area contributed by atoms with Gasteiger partial charge in [0, 0.05) is 33.7 Å². The van der Waals surface area contributed by atoms with Crippen LogP contribution in [0.3, 0.4) is 0 Å². The molecule has 3 heteroatoms. The normalized spacial score (nSPS) is 32.9. The summed E-state index contributed by atoms with van der Waals surface area (Å²) < 4.78 is 11.6. The van der Waals surface area contributed by atoms with E-state index >= 15 is 0 Å². The first-order valence-corrected chi connectivity index (χ1v) is 6.94. The number of fused-ring (bicyclic) bond motifs is 1. The number of likely N-dealkylation sites (tertiary alicyclic amines) is 1. The fourth-order valence-electron chi connectivity index (χ4n) is 4.21. The van der Waals surface area contributed by atoms with Crippen molar-refractivity contribution in [3.8, 4) is 0 Å². The Morgan fingerprint density at radius 2 is 1.79 bits per heavy atom. The summed E-state index contributed by atoms with van der Waals surface area (Å²) in [6.45, 7) is 4.26. The monoisotopic (exact) mass is 261 g/mol. The van der Waals surface area contributed by atoms with Gasteiger partial charge in [0.2, 0.25) is 0 Å². The minimum Gasteiger partial charge on any atom is -0.352 e. The van der Waals surface area contributed by atoms with Gasteiger partial charge in [-0.25, -0.2) is 0 Å². The van der Waals surface area contributed by atoms with Crippen molar-refractivity contribution >= 4 is 0 Å². The fraction of sp³-hybridized carbons (Fsp3) is 0.625. The maximum absolute atomic E-state index is 5.82. The topological polar surface area (TPSA) is 21.7 Å². The van der Waals surface area contributed by atoms with Gasteiger partial charge in [0.1, 0.15) is 0 Å². The van der Waals surface area contributed by atoms with Crippen LogP contribution in [0.1, 0.15) is 17.5 Å². The van der Waals surface area contributed by atoms with E-state index in [1.807, 2.05) is 0 Å². The predicted octanol–water partition coefficient (Wildman–Crippen LogP) is 2.19. The summed E-state index contributed by atoms with van der Waals surface area (Å²) in [5, 5.41) is 0. The first-order chi connectivity index (χ1) is 9.08. The number of likely N-dealkylation sites (N-methyl/N-ethyl adjacent to an activating group) is 1.